The molecule has 28 heavy (non-hydrogen) atoms. The lowest BCUT2D eigenvalue weighted by Crippen LogP contribution is -2.51. The number of aromatic amines is 1. The zero-order valence-corrected chi connectivity index (χ0v) is 17.2. The highest BCUT2D eigenvalue weighted by molar-refractivity contribution is 7.17. The number of aryl methyl sites for hydroxylation is 1. The first-order valence-electron chi connectivity index (χ1n) is 8.81. The summed E-state index contributed by atoms with van der Waals surface area (Å²) in [6, 6.07) is 5.67. The molecule has 0 saturated carbocycles. The fourth-order valence-electron chi connectivity index (χ4n) is 3.16. The minimum Gasteiger partial charge on any atom is -0.496 e. The van der Waals surface area contributed by atoms with E-state index in [1.54, 1.807) is 19.4 Å². The van der Waals surface area contributed by atoms with Gasteiger partial charge in [0, 0.05) is 16.5 Å². The molecule has 2 heterocycles. The van der Waals surface area contributed by atoms with E-state index in [0.29, 0.717) is 21.5 Å². The summed E-state index contributed by atoms with van der Waals surface area (Å²) in [4.78, 5) is 41.5. The van der Waals surface area contributed by atoms with E-state index in [1.165, 1.54) is 25.2 Å². The quantitative estimate of drug-likeness (QED) is 0.663. The number of H-pyrrole nitrogens is 1. The van der Waals surface area contributed by atoms with E-state index in [1.807, 2.05) is 25.1 Å². The number of aromatic nitrogens is 2. The van der Waals surface area contributed by atoms with Gasteiger partial charge in [-0.1, -0.05) is 11.6 Å². The van der Waals surface area contributed by atoms with Gasteiger partial charge in [0.05, 0.1) is 19.1 Å². The molecule has 7 nitrogen and oxygen atoms in total. The second-order valence-electron chi connectivity index (χ2n) is 6.91. The Balaban J connectivity index is 2.35. The van der Waals surface area contributed by atoms with E-state index in [4.69, 9.17) is 9.47 Å². The van der Waals surface area contributed by atoms with Crippen molar-refractivity contribution in [2.24, 2.45) is 0 Å². The molecule has 0 spiro atoms. The van der Waals surface area contributed by atoms with E-state index in [-0.39, 0.29) is 6.61 Å². The molecule has 0 amide bonds. The number of carbonyl (C=O) groups is 1. The van der Waals surface area contributed by atoms with Crippen LogP contribution < -0.4 is 16.0 Å². The Labute approximate surface area is 165 Å². The summed E-state index contributed by atoms with van der Waals surface area (Å²) in [5.74, 6) is -0.0287. The van der Waals surface area contributed by atoms with Crippen LogP contribution in [0, 0.1) is 6.92 Å². The summed E-state index contributed by atoms with van der Waals surface area (Å²) >= 11 is 1.26. The SMILES string of the molecule is CCOC(=O)C(C)(C)n1c(=O)[nH]c2scc(-c3cc(C)ccc3OC)c2c1=O. The number of esters is 1. The molecule has 0 aliphatic carbocycles. The first kappa shape index (κ1) is 19.9. The van der Waals surface area contributed by atoms with Gasteiger partial charge in [-0.25, -0.2) is 14.2 Å². The average molecular weight is 402 g/mol. The van der Waals surface area contributed by atoms with Crippen LogP contribution in [0.4, 0.5) is 0 Å². The second-order valence-corrected chi connectivity index (χ2v) is 7.79. The number of hydrogen-bond donors (Lipinski definition) is 1. The van der Waals surface area contributed by atoms with Gasteiger partial charge in [-0.2, -0.15) is 0 Å². The molecule has 0 saturated heterocycles. The molecule has 0 unspecified atom stereocenters. The van der Waals surface area contributed by atoms with Crippen LogP contribution in [-0.2, 0) is 15.1 Å². The Bertz CT molecular complexity index is 1170. The fourth-order valence-corrected chi connectivity index (χ4v) is 4.10. The first-order chi connectivity index (χ1) is 13.2. The summed E-state index contributed by atoms with van der Waals surface area (Å²) in [6.45, 7) is 6.76. The number of rotatable bonds is 5. The van der Waals surface area contributed by atoms with Gasteiger partial charge in [-0.15, -0.1) is 11.3 Å². The van der Waals surface area contributed by atoms with Crippen LogP contribution in [0.3, 0.4) is 0 Å². The van der Waals surface area contributed by atoms with Gasteiger partial charge in [-0.05, 0) is 39.8 Å². The van der Waals surface area contributed by atoms with Crippen molar-refractivity contribution in [2.45, 2.75) is 33.2 Å². The van der Waals surface area contributed by atoms with Crippen molar-refractivity contribution in [3.05, 3.63) is 50.0 Å². The monoisotopic (exact) mass is 402 g/mol. The minimum absolute atomic E-state index is 0.154. The summed E-state index contributed by atoms with van der Waals surface area (Å²) < 4.78 is 11.4. The number of ether oxygens (including phenoxy) is 2. The maximum absolute atomic E-state index is 13.3. The molecule has 0 aliphatic heterocycles. The van der Waals surface area contributed by atoms with Crippen LogP contribution in [0.25, 0.3) is 21.3 Å². The number of fused-ring (bicyclic) bond motifs is 1. The van der Waals surface area contributed by atoms with Gasteiger partial charge in [0.25, 0.3) is 5.56 Å². The molecule has 2 aromatic heterocycles. The van der Waals surface area contributed by atoms with Crippen molar-refractivity contribution in [2.75, 3.05) is 13.7 Å². The lowest BCUT2D eigenvalue weighted by atomic mass is 10.0. The van der Waals surface area contributed by atoms with Gasteiger partial charge in [-0.3, -0.25) is 9.78 Å². The van der Waals surface area contributed by atoms with Crippen LogP contribution in [0.15, 0.2) is 33.2 Å². The van der Waals surface area contributed by atoms with Crippen molar-refractivity contribution in [1.82, 2.24) is 9.55 Å². The third-order valence-corrected chi connectivity index (χ3v) is 5.51. The maximum atomic E-state index is 13.3. The van der Waals surface area contributed by atoms with Crippen molar-refractivity contribution in [3.8, 4) is 16.9 Å². The maximum Gasteiger partial charge on any atom is 0.332 e. The van der Waals surface area contributed by atoms with Crippen molar-refractivity contribution >= 4 is 27.5 Å². The van der Waals surface area contributed by atoms with E-state index in [9.17, 15) is 14.4 Å². The lowest BCUT2D eigenvalue weighted by molar-refractivity contribution is -0.152. The molecule has 0 radical (unpaired) electrons. The highest BCUT2D eigenvalue weighted by Gasteiger charge is 2.35. The van der Waals surface area contributed by atoms with Gasteiger partial charge < -0.3 is 9.47 Å². The topological polar surface area (TPSA) is 90.4 Å². The standard InChI is InChI=1S/C20H22N2O5S/c1-6-27-18(24)20(3,4)22-17(23)15-13(10-28-16(15)21-19(22)25)12-9-11(2)7-8-14(12)26-5/h7-10H,6H2,1-5H3,(H,21,25). The number of thiophene rings is 1. The first-order valence-corrected chi connectivity index (χ1v) is 9.69. The lowest BCUT2D eigenvalue weighted by Gasteiger charge is -2.24. The summed E-state index contributed by atoms with van der Waals surface area (Å²) in [5, 5.41) is 2.15. The zero-order valence-electron chi connectivity index (χ0n) is 16.4. The molecular formula is C20H22N2O5S. The molecule has 1 N–H and O–H groups in total. The van der Waals surface area contributed by atoms with E-state index >= 15 is 0 Å². The Hall–Kier alpha value is -2.87. The smallest absolute Gasteiger partial charge is 0.332 e. The number of nitrogens with zero attached hydrogens (tertiary/aromatic N) is 1. The van der Waals surface area contributed by atoms with Crippen LogP contribution in [0.2, 0.25) is 0 Å². The van der Waals surface area contributed by atoms with E-state index in [2.05, 4.69) is 4.98 Å². The Morgan fingerprint density at radius 1 is 1.25 bits per heavy atom. The van der Waals surface area contributed by atoms with Crippen molar-refractivity contribution < 1.29 is 14.3 Å². The number of carbonyl (C=O) groups excluding carboxylic acids is 1. The average Bonchev–Trinajstić information content (AvgIpc) is 3.05. The summed E-state index contributed by atoms with van der Waals surface area (Å²) in [5.41, 5.74) is -0.248. The van der Waals surface area contributed by atoms with Crippen LogP contribution in [0.5, 0.6) is 5.75 Å². The molecule has 0 fully saturated rings. The molecule has 1 aromatic carbocycles. The Morgan fingerprint density at radius 3 is 2.61 bits per heavy atom. The zero-order chi connectivity index (χ0) is 20.6. The number of methoxy groups -OCH3 is 1. The Kier molecular flexibility index (Phi) is 5.16. The Morgan fingerprint density at radius 2 is 1.96 bits per heavy atom. The second kappa shape index (κ2) is 7.27. The van der Waals surface area contributed by atoms with Crippen LogP contribution in [-0.4, -0.2) is 29.2 Å². The predicted octanol–water partition coefficient (Wildman–Crippen LogP) is 3.03. The molecule has 0 atom stereocenters. The number of hydrogen-bond acceptors (Lipinski definition) is 6. The highest BCUT2D eigenvalue weighted by Crippen LogP contribution is 2.37. The number of nitrogens with one attached hydrogen (secondary N) is 1. The molecule has 3 aromatic rings. The predicted molar refractivity (Wildman–Crippen MR) is 109 cm³/mol. The molecule has 148 valence electrons. The number of benzene rings is 1. The van der Waals surface area contributed by atoms with E-state index < -0.39 is 22.8 Å². The normalized spacial score (nSPS) is 11.6. The molecule has 3 rings (SSSR count). The minimum atomic E-state index is -1.45. The van der Waals surface area contributed by atoms with Crippen molar-refractivity contribution in [1.29, 1.82) is 0 Å². The van der Waals surface area contributed by atoms with Crippen LogP contribution >= 0.6 is 11.3 Å². The van der Waals surface area contributed by atoms with Crippen LogP contribution in [0.1, 0.15) is 26.3 Å². The largest absolute Gasteiger partial charge is 0.496 e. The third-order valence-electron chi connectivity index (χ3n) is 4.61. The summed E-state index contributed by atoms with van der Waals surface area (Å²) in [6.07, 6.45) is 0. The molecule has 0 aliphatic rings. The third kappa shape index (κ3) is 3.13. The summed E-state index contributed by atoms with van der Waals surface area (Å²) in [7, 11) is 1.56. The molecular weight excluding hydrogens is 380 g/mol. The highest BCUT2D eigenvalue weighted by atomic mass is 32.1. The van der Waals surface area contributed by atoms with Gasteiger partial charge in [0.1, 0.15) is 16.1 Å². The van der Waals surface area contributed by atoms with Crippen molar-refractivity contribution in [3.63, 3.8) is 0 Å². The van der Waals surface area contributed by atoms with Gasteiger partial charge >= 0.3 is 11.7 Å². The molecule has 0 bridgehead atoms. The van der Waals surface area contributed by atoms with Gasteiger partial charge in [0.15, 0.2) is 0 Å². The fraction of sp³-hybridized carbons (Fsp3) is 0.350. The molecule has 8 heteroatoms. The van der Waals surface area contributed by atoms with E-state index in [0.717, 1.165) is 15.7 Å². The van der Waals surface area contributed by atoms with Gasteiger partial charge in [0.2, 0.25) is 0 Å².